The highest BCUT2D eigenvalue weighted by Crippen LogP contribution is 2.41. The summed E-state index contributed by atoms with van der Waals surface area (Å²) in [6.07, 6.45) is 2.90. The van der Waals surface area contributed by atoms with Crippen LogP contribution in [0.3, 0.4) is 0 Å². The molecule has 6 nitrogen and oxygen atoms in total. The molecule has 5 rings (SSSR count). The summed E-state index contributed by atoms with van der Waals surface area (Å²) in [6.45, 7) is 0.723. The average molecular weight is 344 g/mol. The summed E-state index contributed by atoms with van der Waals surface area (Å²) in [5.74, 6) is 0.941. The van der Waals surface area contributed by atoms with Crippen LogP contribution in [0.1, 0.15) is 18.4 Å². The second-order valence-corrected chi connectivity index (χ2v) is 8.08. The van der Waals surface area contributed by atoms with Crippen molar-refractivity contribution in [2.24, 2.45) is 0 Å². The second-order valence-electron chi connectivity index (χ2n) is 7.07. The van der Waals surface area contributed by atoms with Gasteiger partial charge in [0.25, 0.3) is 0 Å². The van der Waals surface area contributed by atoms with E-state index < -0.39 is 0 Å². The molecular weight excluding hydrogens is 324 g/mol. The van der Waals surface area contributed by atoms with Gasteiger partial charge in [-0.05, 0) is 39.1 Å². The zero-order valence-electron chi connectivity index (χ0n) is 13.8. The summed E-state index contributed by atoms with van der Waals surface area (Å²) in [5.41, 5.74) is 2.19. The van der Waals surface area contributed by atoms with Crippen LogP contribution in [0.4, 0.5) is 9.93 Å². The molecule has 2 aromatic rings. The standard InChI is InChI=1S/C17H20N4O2S/c1-20(2)9-7-11-12(8-9)21(16(22)18-11)17-19-15-10-5-6-23-13(10)3-4-14(15)24-17/h3-4,9,11-12H,5-8H2,1-2H3,(H,18,22)/t9-,11+,12-/m1/s1. The summed E-state index contributed by atoms with van der Waals surface area (Å²) in [4.78, 5) is 21.5. The first-order chi connectivity index (χ1) is 11.6. The van der Waals surface area contributed by atoms with Gasteiger partial charge in [0, 0.05) is 18.0 Å². The largest absolute Gasteiger partial charge is 0.493 e. The van der Waals surface area contributed by atoms with Gasteiger partial charge in [-0.2, -0.15) is 0 Å². The Kier molecular flexibility index (Phi) is 3.06. The summed E-state index contributed by atoms with van der Waals surface area (Å²) in [6, 6.07) is 5.02. The summed E-state index contributed by atoms with van der Waals surface area (Å²) >= 11 is 1.61. The summed E-state index contributed by atoms with van der Waals surface area (Å²) in [5, 5.41) is 3.96. The molecule has 2 fully saturated rings. The lowest BCUT2D eigenvalue weighted by Gasteiger charge is -2.22. The molecule has 24 heavy (non-hydrogen) atoms. The van der Waals surface area contributed by atoms with E-state index in [1.165, 1.54) is 5.56 Å². The third-order valence-electron chi connectivity index (χ3n) is 5.52. The zero-order chi connectivity index (χ0) is 16.4. The number of rotatable bonds is 2. The smallest absolute Gasteiger partial charge is 0.324 e. The van der Waals surface area contributed by atoms with Crippen LogP contribution in [-0.4, -0.2) is 54.7 Å². The van der Waals surface area contributed by atoms with E-state index in [-0.39, 0.29) is 18.1 Å². The van der Waals surface area contributed by atoms with E-state index in [2.05, 4.69) is 30.4 Å². The van der Waals surface area contributed by atoms with Gasteiger partial charge in [-0.15, -0.1) is 0 Å². The van der Waals surface area contributed by atoms with Crippen molar-refractivity contribution in [2.45, 2.75) is 37.4 Å². The molecule has 1 N–H and O–H groups in total. The molecule has 3 aliphatic rings. The highest BCUT2D eigenvalue weighted by Gasteiger charge is 2.48. The van der Waals surface area contributed by atoms with Crippen molar-refractivity contribution in [1.29, 1.82) is 0 Å². The topological polar surface area (TPSA) is 57.7 Å². The van der Waals surface area contributed by atoms with Crippen molar-refractivity contribution >= 4 is 32.7 Å². The van der Waals surface area contributed by atoms with Crippen LogP contribution >= 0.6 is 11.3 Å². The second kappa shape index (κ2) is 5.07. The quantitative estimate of drug-likeness (QED) is 0.908. The SMILES string of the molecule is CN(C)[C@@H]1C[C@@H]2NC(=O)N(c3nc4c5c(ccc4s3)OCC5)[C@@H]2C1. The van der Waals surface area contributed by atoms with Crippen molar-refractivity contribution in [1.82, 2.24) is 15.2 Å². The summed E-state index contributed by atoms with van der Waals surface area (Å²) in [7, 11) is 4.22. The number of ether oxygens (including phenoxy) is 1. The number of nitrogens with zero attached hydrogens (tertiary/aromatic N) is 3. The Labute approximate surface area is 144 Å². The van der Waals surface area contributed by atoms with Gasteiger partial charge in [-0.3, -0.25) is 4.90 Å². The number of hydrogen-bond donors (Lipinski definition) is 1. The molecule has 0 radical (unpaired) electrons. The van der Waals surface area contributed by atoms with Gasteiger partial charge in [0.05, 0.1) is 28.9 Å². The van der Waals surface area contributed by atoms with E-state index in [4.69, 9.17) is 9.72 Å². The third kappa shape index (κ3) is 1.97. The first kappa shape index (κ1) is 14.5. The molecule has 2 amide bonds. The predicted octanol–water partition coefficient (Wildman–Crippen LogP) is 2.22. The Balaban J connectivity index is 1.54. The number of carbonyl (C=O) groups is 1. The summed E-state index contributed by atoms with van der Waals surface area (Å²) < 4.78 is 6.77. The number of carbonyl (C=O) groups excluding carboxylic acids is 1. The lowest BCUT2D eigenvalue weighted by Crippen LogP contribution is -2.36. The minimum atomic E-state index is -0.00541. The number of thiazole rings is 1. The van der Waals surface area contributed by atoms with Gasteiger partial charge in [0.1, 0.15) is 5.75 Å². The van der Waals surface area contributed by atoms with E-state index in [0.29, 0.717) is 6.04 Å². The van der Waals surface area contributed by atoms with Gasteiger partial charge in [-0.1, -0.05) is 11.3 Å². The van der Waals surface area contributed by atoms with Crippen molar-refractivity contribution < 1.29 is 9.53 Å². The van der Waals surface area contributed by atoms with E-state index in [1.54, 1.807) is 11.3 Å². The third-order valence-corrected chi connectivity index (χ3v) is 6.54. The van der Waals surface area contributed by atoms with Gasteiger partial charge >= 0.3 is 6.03 Å². The Bertz CT molecular complexity index is 833. The molecule has 1 aliphatic carbocycles. The normalized spacial score (nSPS) is 28.4. The number of aromatic nitrogens is 1. The van der Waals surface area contributed by atoms with Gasteiger partial charge < -0.3 is 15.0 Å². The molecule has 3 heterocycles. The number of hydrogen-bond acceptors (Lipinski definition) is 5. The van der Waals surface area contributed by atoms with Crippen LogP contribution in [0.25, 0.3) is 10.2 Å². The van der Waals surface area contributed by atoms with Gasteiger partial charge in [-0.25, -0.2) is 9.78 Å². The molecule has 0 unspecified atom stereocenters. The molecule has 3 atom stereocenters. The number of benzene rings is 1. The minimum Gasteiger partial charge on any atom is -0.493 e. The number of nitrogens with one attached hydrogen (secondary N) is 1. The van der Waals surface area contributed by atoms with Crippen LogP contribution in [-0.2, 0) is 6.42 Å². The van der Waals surface area contributed by atoms with Crippen LogP contribution in [0, 0.1) is 0 Å². The first-order valence-corrected chi connectivity index (χ1v) is 9.25. The molecule has 1 saturated carbocycles. The fraction of sp³-hybridized carbons (Fsp3) is 0.529. The number of anilines is 1. The van der Waals surface area contributed by atoms with Crippen LogP contribution < -0.4 is 15.0 Å². The maximum atomic E-state index is 12.5. The lowest BCUT2D eigenvalue weighted by molar-refractivity contribution is 0.245. The van der Waals surface area contributed by atoms with Crippen molar-refractivity contribution in [3.63, 3.8) is 0 Å². The van der Waals surface area contributed by atoms with Gasteiger partial charge in [0.15, 0.2) is 5.13 Å². The van der Waals surface area contributed by atoms with E-state index in [1.807, 2.05) is 11.0 Å². The molecule has 1 aromatic carbocycles. The van der Waals surface area contributed by atoms with Crippen LogP contribution in [0.15, 0.2) is 12.1 Å². The van der Waals surface area contributed by atoms with E-state index in [0.717, 1.165) is 47.0 Å². The lowest BCUT2D eigenvalue weighted by atomic mass is 10.1. The minimum absolute atomic E-state index is 0.00541. The van der Waals surface area contributed by atoms with Gasteiger partial charge in [0.2, 0.25) is 0 Å². The molecule has 2 aliphatic heterocycles. The Hall–Kier alpha value is -1.86. The Morgan fingerprint density at radius 1 is 1.38 bits per heavy atom. The van der Waals surface area contributed by atoms with Crippen LogP contribution in [0.2, 0.25) is 0 Å². The van der Waals surface area contributed by atoms with Crippen molar-refractivity contribution in [2.75, 3.05) is 25.6 Å². The van der Waals surface area contributed by atoms with Crippen molar-refractivity contribution in [3.05, 3.63) is 17.7 Å². The fourth-order valence-electron chi connectivity index (χ4n) is 4.22. The first-order valence-electron chi connectivity index (χ1n) is 8.43. The van der Waals surface area contributed by atoms with E-state index in [9.17, 15) is 4.79 Å². The monoisotopic (exact) mass is 344 g/mol. The molecule has 7 heteroatoms. The highest BCUT2D eigenvalue weighted by molar-refractivity contribution is 7.22. The van der Waals surface area contributed by atoms with Crippen molar-refractivity contribution in [3.8, 4) is 5.75 Å². The molecule has 0 spiro atoms. The number of urea groups is 1. The highest BCUT2D eigenvalue weighted by atomic mass is 32.1. The molecule has 0 bridgehead atoms. The molecule has 126 valence electrons. The Morgan fingerprint density at radius 3 is 3.08 bits per heavy atom. The predicted molar refractivity (Wildman–Crippen MR) is 94.1 cm³/mol. The number of amides is 2. The van der Waals surface area contributed by atoms with E-state index >= 15 is 0 Å². The molecular formula is C17H20N4O2S. The average Bonchev–Trinajstić information content (AvgIpc) is 3.26. The maximum absolute atomic E-state index is 12.5. The zero-order valence-corrected chi connectivity index (χ0v) is 14.6. The maximum Gasteiger partial charge on any atom is 0.324 e. The Morgan fingerprint density at radius 2 is 2.25 bits per heavy atom. The number of fused-ring (bicyclic) bond motifs is 4. The van der Waals surface area contributed by atoms with Crippen LogP contribution in [0.5, 0.6) is 5.75 Å². The molecule has 1 saturated heterocycles. The molecule has 1 aromatic heterocycles. The fourth-order valence-corrected chi connectivity index (χ4v) is 5.27.